The van der Waals surface area contributed by atoms with E-state index in [4.69, 9.17) is 0 Å². The number of hydrogen-bond acceptors (Lipinski definition) is 3. The van der Waals surface area contributed by atoms with E-state index in [9.17, 15) is 21.6 Å². The van der Waals surface area contributed by atoms with E-state index in [-0.39, 0.29) is 12.2 Å². The molecule has 1 unspecified atom stereocenters. The summed E-state index contributed by atoms with van der Waals surface area (Å²) in [6, 6.07) is -0.815. The maximum absolute atomic E-state index is 12.1. The summed E-state index contributed by atoms with van der Waals surface area (Å²) >= 11 is 0. The van der Waals surface area contributed by atoms with E-state index in [1.54, 1.807) is 6.92 Å². The highest BCUT2D eigenvalue weighted by Crippen LogP contribution is 2.22. The molecule has 0 rings (SSSR count). The molecule has 7 heteroatoms. The zero-order valence-electron chi connectivity index (χ0n) is 8.76. The molecule has 1 atom stereocenters. The first-order chi connectivity index (χ1) is 6.64. The van der Waals surface area contributed by atoms with Crippen LogP contribution in [-0.2, 0) is 9.84 Å². The van der Waals surface area contributed by atoms with Crippen molar-refractivity contribution in [2.24, 2.45) is 0 Å². The average Bonchev–Trinajstić information content (AvgIpc) is 1.96. The molecule has 0 aromatic heterocycles. The van der Waals surface area contributed by atoms with Gasteiger partial charge in [-0.25, -0.2) is 8.42 Å². The van der Waals surface area contributed by atoms with Crippen molar-refractivity contribution in [3.8, 4) is 0 Å². The van der Waals surface area contributed by atoms with Gasteiger partial charge in [0.1, 0.15) is 9.84 Å². The molecule has 0 aliphatic carbocycles. The van der Waals surface area contributed by atoms with E-state index in [2.05, 4.69) is 5.32 Å². The first-order valence-corrected chi connectivity index (χ1v) is 6.68. The Balaban J connectivity index is 4.17. The standard InChI is InChI=1S/C8H16F3NO2S/c1-3-12-7(6-8(9,10)11)4-5-15(2,13)14/h7,12H,3-6H2,1-2H3. The molecule has 0 spiro atoms. The molecule has 15 heavy (non-hydrogen) atoms. The van der Waals surface area contributed by atoms with Gasteiger partial charge in [0.05, 0.1) is 12.2 Å². The summed E-state index contributed by atoms with van der Waals surface area (Å²) < 4.78 is 57.8. The van der Waals surface area contributed by atoms with Crippen molar-refractivity contribution in [3.63, 3.8) is 0 Å². The number of halogens is 3. The van der Waals surface area contributed by atoms with E-state index in [0.717, 1.165) is 6.26 Å². The quantitative estimate of drug-likeness (QED) is 0.770. The van der Waals surface area contributed by atoms with Crippen molar-refractivity contribution in [3.05, 3.63) is 0 Å². The maximum Gasteiger partial charge on any atom is 0.390 e. The molecule has 0 fully saturated rings. The Morgan fingerprint density at radius 2 is 1.87 bits per heavy atom. The molecule has 0 aliphatic rings. The van der Waals surface area contributed by atoms with Gasteiger partial charge >= 0.3 is 6.18 Å². The lowest BCUT2D eigenvalue weighted by Gasteiger charge is -2.18. The van der Waals surface area contributed by atoms with Crippen LogP contribution in [0.4, 0.5) is 13.2 Å². The van der Waals surface area contributed by atoms with Gasteiger partial charge < -0.3 is 5.32 Å². The molecule has 0 amide bonds. The van der Waals surface area contributed by atoms with E-state index >= 15 is 0 Å². The zero-order chi connectivity index (χ0) is 12.1. The highest BCUT2D eigenvalue weighted by Gasteiger charge is 2.31. The summed E-state index contributed by atoms with van der Waals surface area (Å²) in [6.07, 6.45) is -4.24. The van der Waals surface area contributed by atoms with Crippen LogP contribution < -0.4 is 5.32 Å². The van der Waals surface area contributed by atoms with Gasteiger partial charge in [0.15, 0.2) is 0 Å². The molecule has 0 aromatic rings. The van der Waals surface area contributed by atoms with Crippen molar-refractivity contribution in [1.82, 2.24) is 5.32 Å². The Hall–Kier alpha value is -0.300. The Bertz CT molecular complexity index is 274. The normalized spacial score (nSPS) is 15.3. The predicted molar refractivity (Wildman–Crippen MR) is 52.5 cm³/mol. The monoisotopic (exact) mass is 247 g/mol. The maximum atomic E-state index is 12.1. The van der Waals surface area contributed by atoms with Gasteiger partial charge in [0.2, 0.25) is 0 Å². The molecule has 0 aromatic carbocycles. The SMILES string of the molecule is CCNC(CCS(C)(=O)=O)CC(F)(F)F. The minimum absolute atomic E-state index is 0.00775. The third-order valence-corrected chi connectivity index (χ3v) is 2.79. The van der Waals surface area contributed by atoms with Crippen molar-refractivity contribution in [2.45, 2.75) is 32.0 Å². The minimum Gasteiger partial charge on any atom is -0.314 e. The van der Waals surface area contributed by atoms with Gasteiger partial charge in [0, 0.05) is 12.3 Å². The largest absolute Gasteiger partial charge is 0.390 e. The molecule has 1 N–H and O–H groups in total. The zero-order valence-corrected chi connectivity index (χ0v) is 9.58. The summed E-state index contributed by atoms with van der Waals surface area (Å²) in [5.41, 5.74) is 0. The fourth-order valence-electron chi connectivity index (χ4n) is 1.20. The van der Waals surface area contributed by atoms with Crippen LogP contribution in [0.1, 0.15) is 19.8 Å². The molecular formula is C8H16F3NO2S. The van der Waals surface area contributed by atoms with E-state index < -0.39 is 28.5 Å². The van der Waals surface area contributed by atoms with Gasteiger partial charge in [-0.05, 0) is 13.0 Å². The molecule has 0 heterocycles. The van der Waals surface area contributed by atoms with Crippen molar-refractivity contribution in [1.29, 1.82) is 0 Å². The minimum atomic E-state index is -4.26. The van der Waals surface area contributed by atoms with Crippen LogP contribution in [0.2, 0.25) is 0 Å². The topological polar surface area (TPSA) is 46.2 Å². The summed E-state index contributed by atoms with van der Waals surface area (Å²) in [4.78, 5) is 0. The fourth-order valence-corrected chi connectivity index (χ4v) is 1.91. The van der Waals surface area contributed by atoms with Crippen LogP contribution in [0.5, 0.6) is 0 Å². The fraction of sp³-hybridized carbons (Fsp3) is 1.00. The van der Waals surface area contributed by atoms with Crippen molar-refractivity contribution in [2.75, 3.05) is 18.6 Å². The Morgan fingerprint density at radius 3 is 2.20 bits per heavy atom. The number of alkyl halides is 3. The summed E-state index contributed by atoms with van der Waals surface area (Å²) in [7, 11) is -3.20. The summed E-state index contributed by atoms with van der Waals surface area (Å²) in [5.74, 6) is -0.221. The third-order valence-electron chi connectivity index (χ3n) is 1.81. The number of hydrogen-bond donors (Lipinski definition) is 1. The van der Waals surface area contributed by atoms with E-state index in [0.29, 0.717) is 6.54 Å². The lowest BCUT2D eigenvalue weighted by molar-refractivity contribution is -0.140. The number of rotatable bonds is 6. The van der Waals surface area contributed by atoms with E-state index in [1.807, 2.05) is 0 Å². The van der Waals surface area contributed by atoms with Crippen LogP contribution in [0.25, 0.3) is 0 Å². The average molecular weight is 247 g/mol. The third kappa shape index (κ3) is 9.99. The van der Waals surface area contributed by atoms with Gasteiger partial charge in [-0.3, -0.25) is 0 Å². The van der Waals surface area contributed by atoms with Gasteiger partial charge in [0.25, 0.3) is 0 Å². The van der Waals surface area contributed by atoms with Crippen molar-refractivity contribution < 1.29 is 21.6 Å². The highest BCUT2D eigenvalue weighted by molar-refractivity contribution is 7.90. The molecule has 0 saturated carbocycles. The molecule has 92 valence electrons. The molecular weight excluding hydrogens is 231 g/mol. The van der Waals surface area contributed by atoms with E-state index in [1.165, 1.54) is 0 Å². The van der Waals surface area contributed by atoms with Crippen molar-refractivity contribution >= 4 is 9.84 Å². The number of sulfone groups is 1. The Labute approximate surface area is 88.0 Å². The predicted octanol–water partition coefficient (Wildman–Crippen LogP) is 1.35. The van der Waals surface area contributed by atoms with Crippen LogP contribution in [0.3, 0.4) is 0 Å². The lowest BCUT2D eigenvalue weighted by Crippen LogP contribution is -2.35. The van der Waals surface area contributed by atoms with Gasteiger partial charge in [-0.1, -0.05) is 6.92 Å². The molecule has 0 bridgehead atoms. The second-order valence-corrected chi connectivity index (χ2v) is 5.75. The van der Waals surface area contributed by atoms with Crippen LogP contribution >= 0.6 is 0 Å². The van der Waals surface area contributed by atoms with Crippen LogP contribution in [0, 0.1) is 0 Å². The van der Waals surface area contributed by atoms with Gasteiger partial charge in [-0.2, -0.15) is 13.2 Å². The Kier molecular flexibility index (Phi) is 5.58. The smallest absolute Gasteiger partial charge is 0.314 e. The van der Waals surface area contributed by atoms with Crippen LogP contribution in [0.15, 0.2) is 0 Å². The highest BCUT2D eigenvalue weighted by atomic mass is 32.2. The van der Waals surface area contributed by atoms with Crippen LogP contribution in [-0.4, -0.2) is 39.2 Å². The molecule has 0 aliphatic heterocycles. The first-order valence-electron chi connectivity index (χ1n) is 4.62. The van der Waals surface area contributed by atoms with Gasteiger partial charge in [-0.15, -0.1) is 0 Å². The summed E-state index contributed by atoms with van der Waals surface area (Å²) in [6.45, 7) is 2.08. The molecule has 0 radical (unpaired) electrons. The number of nitrogens with one attached hydrogen (secondary N) is 1. The molecule has 3 nitrogen and oxygen atoms in total. The molecule has 0 saturated heterocycles. The first kappa shape index (κ1) is 14.7. The lowest BCUT2D eigenvalue weighted by atomic mass is 10.1. The second-order valence-electron chi connectivity index (χ2n) is 3.49. The summed E-state index contributed by atoms with van der Waals surface area (Å²) in [5, 5.41) is 2.63. The Morgan fingerprint density at radius 1 is 1.33 bits per heavy atom. The second kappa shape index (κ2) is 5.69.